The number of hydrogen-bond donors (Lipinski definition) is 3. The van der Waals surface area contributed by atoms with E-state index in [2.05, 4.69) is 30.5 Å². The minimum Gasteiger partial charge on any atom is -0.504 e. The molecule has 36 heavy (non-hydrogen) atoms. The maximum atomic E-state index is 13.3. The van der Waals surface area contributed by atoms with Crippen molar-refractivity contribution in [1.29, 1.82) is 0 Å². The van der Waals surface area contributed by atoms with E-state index in [1.807, 2.05) is 4.90 Å². The molecular formula is C25H29N5O5S. The number of nitrogens with one attached hydrogen (secondary N) is 1. The Morgan fingerprint density at radius 3 is 2.64 bits per heavy atom. The summed E-state index contributed by atoms with van der Waals surface area (Å²) in [6, 6.07) is 10.7. The van der Waals surface area contributed by atoms with Crippen molar-refractivity contribution in [2.24, 2.45) is 5.92 Å². The van der Waals surface area contributed by atoms with Crippen LogP contribution in [0.3, 0.4) is 0 Å². The van der Waals surface area contributed by atoms with Gasteiger partial charge in [-0.15, -0.1) is 0 Å². The Hall–Kier alpha value is -3.86. The number of aromatic nitrogens is 2. The number of phenolic OH excluding ortho intramolecular Hbond substituents is 1. The zero-order valence-corrected chi connectivity index (χ0v) is 21.3. The van der Waals surface area contributed by atoms with Gasteiger partial charge in [-0.2, -0.15) is 0 Å². The number of aromatic hydroxyl groups is 1. The van der Waals surface area contributed by atoms with Crippen molar-refractivity contribution in [2.45, 2.75) is 37.6 Å². The smallest absolute Gasteiger partial charge is 0.268 e. The third-order valence-electron chi connectivity index (χ3n) is 6.85. The van der Waals surface area contributed by atoms with Crippen LogP contribution in [0.4, 0.5) is 11.6 Å². The predicted octanol–water partition coefficient (Wildman–Crippen LogP) is 3.18. The zero-order valence-electron chi connectivity index (χ0n) is 20.5. The van der Waals surface area contributed by atoms with E-state index in [1.54, 1.807) is 24.3 Å². The summed E-state index contributed by atoms with van der Waals surface area (Å²) in [7, 11) is -2.82. The van der Waals surface area contributed by atoms with Crippen molar-refractivity contribution in [3.05, 3.63) is 54.2 Å². The minimum absolute atomic E-state index is 0.00754. The molecule has 0 aliphatic carbocycles. The standard InChI is InChI=1S/C25H29N5O5S/c1-15-11-13-30(25(15,2)3)23-17(24(32)29-36(33,34)21-6-5-12-27-22(21)26)8-9-18(28-23)16-7-10-19(31)20(14-16)35-4/h5-10,12,14-15,31H,11,13H2,1-4H3,(H2,26,27)(H,29,32). The van der Waals surface area contributed by atoms with Crippen LogP contribution in [0.15, 0.2) is 53.6 Å². The number of pyridine rings is 2. The molecule has 11 heteroatoms. The molecule has 1 atom stereocenters. The number of nitrogens with two attached hydrogens (primary N) is 1. The Kier molecular flexibility index (Phi) is 6.52. The summed E-state index contributed by atoms with van der Waals surface area (Å²) in [6.45, 7) is 6.91. The molecule has 1 aromatic carbocycles. The number of carbonyl (C=O) groups excluding carboxylic acids is 1. The number of sulfonamides is 1. The van der Waals surface area contributed by atoms with E-state index in [0.29, 0.717) is 29.5 Å². The normalized spacial score (nSPS) is 17.1. The number of nitrogen functional groups attached to an aromatic ring is 1. The minimum atomic E-state index is -4.27. The molecule has 4 N–H and O–H groups in total. The van der Waals surface area contributed by atoms with Crippen molar-refractivity contribution >= 4 is 27.6 Å². The first-order valence-corrected chi connectivity index (χ1v) is 12.9. The van der Waals surface area contributed by atoms with E-state index in [9.17, 15) is 18.3 Å². The summed E-state index contributed by atoms with van der Waals surface area (Å²) in [5.41, 5.74) is 6.71. The lowest BCUT2D eigenvalue weighted by atomic mass is 9.90. The van der Waals surface area contributed by atoms with Crippen molar-refractivity contribution in [3.8, 4) is 22.8 Å². The average Bonchev–Trinajstić information content (AvgIpc) is 3.10. The van der Waals surface area contributed by atoms with E-state index >= 15 is 0 Å². The maximum Gasteiger partial charge on any atom is 0.268 e. The number of methoxy groups -OCH3 is 1. The molecule has 190 valence electrons. The van der Waals surface area contributed by atoms with Crippen molar-refractivity contribution in [1.82, 2.24) is 14.7 Å². The van der Waals surface area contributed by atoms with E-state index in [0.717, 1.165) is 6.42 Å². The molecular weight excluding hydrogens is 482 g/mol. The molecule has 1 aliphatic heterocycles. The number of anilines is 2. The van der Waals surface area contributed by atoms with Gasteiger partial charge >= 0.3 is 0 Å². The first-order chi connectivity index (χ1) is 17.0. The van der Waals surface area contributed by atoms with Crippen LogP contribution in [-0.2, 0) is 10.0 Å². The van der Waals surface area contributed by atoms with Gasteiger partial charge in [-0.1, -0.05) is 6.92 Å². The molecule has 1 fully saturated rings. The summed E-state index contributed by atoms with van der Waals surface area (Å²) in [6.07, 6.45) is 2.25. The van der Waals surface area contributed by atoms with E-state index < -0.39 is 15.9 Å². The van der Waals surface area contributed by atoms with Gasteiger partial charge in [0.1, 0.15) is 16.5 Å². The highest BCUT2D eigenvalue weighted by Crippen LogP contribution is 2.40. The molecule has 1 amide bonds. The Balaban J connectivity index is 1.80. The fourth-order valence-corrected chi connectivity index (χ4v) is 5.35. The van der Waals surface area contributed by atoms with Gasteiger partial charge in [0.2, 0.25) is 0 Å². The second kappa shape index (κ2) is 9.30. The van der Waals surface area contributed by atoms with Crippen molar-refractivity contribution < 1.29 is 23.1 Å². The summed E-state index contributed by atoms with van der Waals surface area (Å²) in [5, 5.41) is 9.97. The van der Waals surface area contributed by atoms with Gasteiger partial charge in [0, 0.05) is 23.8 Å². The maximum absolute atomic E-state index is 13.3. The third-order valence-corrected chi connectivity index (χ3v) is 8.23. The summed E-state index contributed by atoms with van der Waals surface area (Å²) < 4.78 is 33.2. The third kappa shape index (κ3) is 4.53. The van der Waals surface area contributed by atoms with Crippen LogP contribution in [0, 0.1) is 5.92 Å². The molecule has 0 spiro atoms. The summed E-state index contributed by atoms with van der Waals surface area (Å²) in [4.78, 5) is 23.7. The largest absolute Gasteiger partial charge is 0.504 e. The number of carbonyl (C=O) groups is 1. The molecule has 4 rings (SSSR count). The van der Waals surface area contributed by atoms with Crippen LogP contribution in [0.5, 0.6) is 11.5 Å². The lowest BCUT2D eigenvalue weighted by Crippen LogP contribution is -2.43. The van der Waals surface area contributed by atoms with Gasteiger partial charge in [-0.3, -0.25) is 4.79 Å². The number of benzene rings is 1. The highest BCUT2D eigenvalue weighted by atomic mass is 32.2. The van der Waals surface area contributed by atoms with Gasteiger partial charge in [0.25, 0.3) is 15.9 Å². The lowest BCUT2D eigenvalue weighted by molar-refractivity contribution is 0.0981. The number of amides is 1. The number of ether oxygens (including phenoxy) is 1. The second-order valence-corrected chi connectivity index (χ2v) is 10.9. The molecule has 10 nitrogen and oxygen atoms in total. The molecule has 0 bridgehead atoms. The van der Waals surface area contributed by atoms with Crippen LogP contribution in [-0.4, -0.2) is 48.6 Å². The van der Waals surface area contributed by atoms with Crippen LogP contribution in [0.2, 0.25) is 0 Å². The fourth-order valence-electron chi connectivity index (χ4n) is 4.30. The van der Waals surface area contributed by atoms with Gasteiger partial charge in [0.15, 0.2) is 11.5 Å². The SMILES string of the molecule is COc1cc(-c2ccc(C(=O)NS(=O)(=O)c3cccnc3N)c(N3CCC(C)C3(C)C)n2)ccc1O. The van der Waals surface area contributed by atoms with Crippen molar-refractivity contribution in [2.75, 3.05) is 24.3 Å². The summed E-state index contributed by atoms with van der Waals surface area (Å²) in [5.74, 6) is -0.0830. The van der Waals surface area contributed by atoms with E-state index in [4.69, 9.17) is 15.5 Å². The average molecular weight is 512 g/mol. The van der Waals surface area contributed by atoms with E-state index in [1.165, 1.54) is 31.5 Å². The number of rotatable bonds is 6. The number of phenols is 1. The molecule has 1 saturated heterocycles. The molecule has 1 unspecified atom stereocenters. The first-order valence-electron chi connectivity index (χ1n) is 11.4. The quantitative estimate of drug-likeness (QED) is 0.454. The van der Waals surface area contributed by atoms with Gasteiger partial charge < -0.3 is 20.5 Å². The summed E-state index contributed by atoms with van der Waals surface area (Å²) >= 11 is 0. The molecule has 2 aromatic heterocycles. The molecule has 1 aliphatic rings. The van der Waals surface area contributed by atoms with Crippen LogP contribution in [0.1, 0.15) is 37.6 Å². The van der Waals surface area contributed by atoms with Crippen LogP contribution in [0.25, 0.3) is 11.3 Å². The lowest BCUT2D eigenvalue weighted by Gasteiger charge is -2.36. The predicted molar refractivity (Wildman–Crippen MR) is 136 cm³/mol. The monoisotopic (exact) mass is 511 g/mol. The molecule has 3 aromatic rings. The Bertz CT molecular complexity index is 1420. The van der Waals surface area contributed by atoms with E-state index in [-0.39, 0.29) is 33.3 Å². The van der Waals surface area contributed by atoms with Gasteiger partial charge in [-0.05, 0) is 68.7 Å². The molecule has 0 radical (unpaired) electrons. The fraction of sp³-hybridized carbons (Fsp3) is 0.320. The molecule has 3 heterocycles. The van der Waals surface area contributed by atoms with Crippen LogP contribution < -0.4 is 20.1 Å². The molecule has 0 saturated carbocycles. The highest BCUT2D eigenvalue weighted by Gasteiger charge is 2.41. The van der Waals surface area contributed by atoms with Gasteiger partial charge in [-0.25, -0.2) is 23.1 Å². The number of nitrogens with zero attached hydrogens (tertiary/aromatic N) is 3. The zero-order chi connectivity index (χ0) is 26.3. The Morgan fingerprint density at radius 1 is 1.25 bits per heavy atom. The Morgan fingerprint density at radius 2 is 2.00 bits per heavy atom. The second-order valence-electron chi connectivity index (χ2n) is 9.27. The topological polar surface area (TPSA) is 148 Å². The first kappa shape index (κ1) is 25.2. The Labute approximate surface area is 210 Å². The van der Waals surface area contributed by atoms with Crippen LogP contribution >= 0.6 is 0 Å². The number of hydrogen-bond acceptors (Lipinski definition) is 9. The van der Waals surface area contributed by atoms with Gasteiger partial charge in [0.05, 0.1) is 18.4 Å². The highest BCUT2D eigenvalue weighted by molar-refractivity contribution is 7.90. The van der Waals surface area contributed by atoms with Crippen molar-refractivity contribution in [3.63, 3.8) is 0 Å².